The van der Waals surface area contributed by atoms with Crippen LogP contribution < -0.4 is 0 Å². The Morgan fingerprint density at radius 3 is 1.82 bits per heavy atom. The number of hydrogen-bond acceptors (Lipinski definition) is 3. The zero-order chi connectivity index (χ0) is 29.8. The van der Waals surface area contributed by atoms with Crippen LogP contribution in [0.25, 0.3) is 66.1 Å². The van der Waals surface area contributed by atoms with Gasteiger partial charge in [-0.05, 0) is 77.9 Å². The number of benzene rings is 6. The van der Waals surface area contributed by atoms with E-state index in [4.69, 9.17) is 0 Å². The van der Waals surface area contributed by atoms with Gasteiger partial charge in [0.1, 0.15) is 12.1 Å². The van der Waals surface area contributed by atoms with Crippen LogP contribution in [0.4, 0.5) is 0 Å². The molecule has 8 aromatic rings. The summed E-state index contributed by atoms with van der Waals surface area (Å²) in [4.78, 5) is 0. The minimum Gasteiger partial charge on any atom is -0.309 e. The Labute approximate surface area is 252 Å². The molecule has 0 saturated carbocycles. The number of aromatic nitrogens is 2. The number of nitrogens with zero attached hydrogens (tertiary/aromatic N) is 5. The zero-order valence-electron chi connectivity index (χ0n) is 23.4. The molecule has 0 aliphatic heterocycles. The first-order chi connectivity index (χ1) is 21.7. The molecule has 6 aromatic carbocycles. The molecule has 5 nitrogen and oxygen atoms in total. The van der Waals surface area contributed by atoms with Gasteiger partial charge in [0, 0.05) is 32.9 Å². The molecule has 202 valence electrons. The maximum atomic E-state index is 9.73. The summed E-state index contributed by atoms with van der Waals surface area (Å²) in [6.07, 6.45) is 0. The number of rotatable bonds is 3. The number of nitriles is 3. The van der Waals surface area contributed by atoms with E-state index in [2.05, 4.69) is 100 Å². The van der Waals surface area contributed by atoms with Crippen molar-refractivity contribution in [2.45, 2.75) is 0 Å². The fraction of sp³-hybridized carbons (Fsp3) is 0. The van der Waals surface area contributed by atoms with Crippen molar-refractivity contribution in [3.05, 3.63) is 144 Å². The van der Waals surface area contributed by atoms with Gasteiger partial charge in [0.2, 0.25) is 0 Å². The van der Waals surface area contributed by atoms with Gasteiger partial charge >= 0.3 is 0 Å². The Hall–Kier alpha value is -6.61. The molecule has 0 bridgehead atoms. The molecule has 0 radical (unpaired) electrons. The third-order valence-corrected chi connectivity index (χ3v) is 8.44. The second-order valence-electron chi connectivity index (χ2n) is 10.7. The van der Waals surface area contributed by atoms with E-state index in [0.29, 0.717) is 16.7 Å². The Morgan fingerprint density at radius 2 is 1.07 bits per heavy atom. The quantitative estimate of drug-likeness (QED) is 0.216. The molecule has 0 amide bonds. The second kappa shape index (κ2) is 9.74. The molecular formula is C39H21N5. The zero-order valence-corrected chi connectivity index (χ0v) is 23.4. The first-order valence-corrected chi connectivity index (χ1v) is 14.2. The van der Waals surface area contributed by atoms with Crippen LogP contribution in [0.15, 0.2) is 127 Å². The number of para-hydroxylation sites is 2. The monoisotopic (exact) mass is 559 g/mol. The SMILES string of the molecule is N#Cc1ccc(-n2c3ccccc3c3ccc(-c4cccc5c4c4ccccc4n5-c4ccc(C#N)c(C#N)c4)cc32)cc1. The Morgan fingerprint density at radius 1 is 0.432 bits per heavy atom. The van der Waals surface area contributed by atoms with Crippen LogP contribution in [0.5, 0.6) is 0 Å². The fourth-order valence-corrected chi connectivity index (χ4v) is 6.50. The van der Waals surface area contributed by atoms with Gasteiger partial charge < -0.3 is 9.13 Å². The molecule has 0 N–H and O–H groups in total. The first-order valence-electron chi connectivity index (χ1n) is 14.2. The van der Waals surface area contributed by atoms with Crippen molar-refractivity contribution in [1.82, 2.24) is 9.13 Å². The van der Waals surface area contributed by atoms with Gasteiger partial charge in [-0.3, -0.25) is 0 Å². The van der Waals surface area contributed by atoms with Crippen molar-refractivity contribution in [2.24, 2.45) is 0 Å². The predicted molar refractivity (Wildman–Crippen MR) is 175 cm³/mol. The van der Waals surface area contributed by atoms with Crippen LogP contribution in [0.3, 0.4) is 0 Å². The molecule has 8 rings (SSSR count). The summed E-state index contributed by atoms with van der Waals surface area (Å²) >= 11 is 0. The molecule has 0 saturated heterocycles. The summed E-state index contributed by atoms with van der Waals surface area (Å²) in [5, 5.41) is 33.1. The summed E-state index contributed by atoms with van der Waals surface area (Å²) in [5.74, 6) is 0. The largest absolute Gasteiger partial charge is 0.309 e. The van der Waals surface area contributed by atoms with E-state index in [1.807, 2.05) is 42.5 Å². The predicted octanol–water partition coefficient (Wildman–Crippen LogP) is 9.16. The molecule has 0 spiro atoms. The summed E-state index contributed by atoms with van der Waals surface area (Å²) in [7, 11) is 0. The standard InChI is InChI=1S/C39H21N5/c40-22-25-12-16-29(17-13-25)43-35-9-3-1-6-32(35)33-19-15-26(21-38(33)43)31-8-5-11-37-39(31)34-7-2-4-10-36(34)44(37)30-18-14-27(23-41)28(20-30)24-42/h1-21H. The van der Waals surface area contributed by atoms with Crippen molar-refractivity contribution in [3.63, 3.8) is 0 Å². The van der Waals surface area contributed by atoms with Gasteiger partial charge in [0.25, 0.3) is 0 Å². The van der Waals surface area contributed by atoms with Crippen molar-refractivity contribution < 1.29 is 0 Å². The summed E-state index contributed by atoms with van der Waals surface area (Å²) in [5.41, 5.74) is 9.59. The lowest BCUT2D eigenvalue weighted by Crippen LogP contribution is -1.96. The third kappa shape index (κ3) is 3.63. The summed E-state index contributed by atoms with van der Waals surface area (Å²) in [6, 6.07) is 49.3. The van der Waals surface area contributed by atoms with Gasteiger partial charge in [0.15, 0.2) is 0 Å². The van der Waals surface area contributed by atoms with E-state index in [-0.39, 0.29) is 0 Å². The third-order valence-electron chi connectivity index (χ3n) is 8.44. The summed E-state index contributed by atoms with van der Waals surface area (Å²) in [6.45, 7) is 0. The molecule has 44 heavy (non-hydrogen) atoms. The minimum absolute atomic E-state index is 0.355. The van der Waals surface area contributed by atoms with Gasteiger partial charge in [-0.1, -0.05) is 60.7 Å². The number of hydrogen-bond donors (Lipinski definition) is 0. The van der Waals surface area contributed by atoms with E-state index in [9.17, 15) is 15.8 Å². The highest BCUT2D eigenvalue weighted by atomic mass is 15.0. The molecular weight excluding hydrogens is 538 g/mol. The van der Waals surface area contributed by atoms with Gasteiger partial charge in [-0.2, -0.15) is 15.8 Å². The molecule has 0 unspecified atom stereocenters. The van der Waals surface area contributed by atoms with Gasteiger partial charge in [0.05, 0.1) is 44.8 Å². The highest BCUT2D eigenvalue weighted by Crippen LogP contribution is 2.41. The lowest BCUT2D eigenvalue weighted by Gasteiger charge is -2.11. The van der Waals surface area contributed by atoms with Crippen LogP contribution in [0.1, 0.15) is 16.7 Å². The van der Waals surface area contributed by atoms with Gasteiger partial charge in [-0.15, -0.1) is 0 Å². The van der Waals surface area contributed by atoms with E-state index in [1.165, 1.54) is 5.39 Å². The summed E-state index contributed by atoms with van der Waals surface area (Å²) < 4.78 is 4.43. The molecule has 5 heteroatoms. The smallest absolute Gasteiger partial charge is 0.101 e. The van der Waals surface area contributed by atoms with Crippen LogP contribution in [-0.2, 0) is 0 Å². The highest BCUT2D eigenvalue weighted by Gasteiger charge is 2.18. The van der Waals surface area contributed by atoms with E-state index < -0.39 is 0 Å². The molecule has 2 heterocycles. The van der Waals surface area contributed by atoms with Crippen LogP contribution >= 0.6 is 0 Å². The lowest BCUT2D eigenvalue weighted by atomic mass is 9.98. The Kier molecular flexibility index (Phi) is 5.56. The topological polar surface area (TPSA) is 81.2 Å². The average Bonchev–Trinajstić information content (AvgIpc) is 3.60. The Bertz CT molecular complexity index is 2580. The van der Waals surface area contributed by atoms with Crippen LogP contribution in [0.2, 0.25) is 0 Å². The van der Waals surface area contributed by atoms with Crippen molar-refractivity contribution in [3.8, 4) is 40.7 Å². The molecule has 0 atom stereocenters. The fourth-order valence-electron chi connectivity index (χ4n) is 6.50. The molecule has 2 aromatic heterocycles. The molecule has 0 aliphatic rings. The molecule has 0 fully saturated rings. The van der Waals surface area contributed by atoms with Gasteiger partial charge in [-0.25, -0.2) is 0 Å². The van der Waals surface area contributed by atoms with E-state index in [1.54, 1.807) is 12.1 Å². The maximum Gasteiger partial charge on any atom is 0.101 e. The second-order valence-corrected chi connectivity index (χ2v) is 10.7. The van der Waals surface area contributed by atoms with Crippen molar-refractivity contribution in [1.29, 1.82) is 15.8 Å². The van der Waals surface area contributed by atoms with Crippen LogP contribution in [-0.4, -0.2) is 9.13 Å². The average molecular weight is 560 g/mol. The van der Waals surface area contributed by atoms with Crippen LogP contribution in [0, 0.1) is 34.0 Å². The first kappa shape index (κ1) is 25.1. The lowest BCUT2D eigenvalue weighted by molar-refractivity contribution is 1.17. The minimum atomic E-state index is 0.355. The molecule has 0 aliphatic carbocycles. The normalized spacial score (nSPS) is 11.1. The number of fused-ring (bicyclic) bond motifs is 6. The highest BCUT2D eigenvalue weighted by molar-refractivity contribution is 6.17. The van der Waals surface area contributed by atoms with Crippen molar-refractivity contribution >= 4 is 43.6 Å². The van der Waals surface area contributed by atoms with E-state index in [0.717, 1.165) is 60.7 Å². The maximum absolute atomic E-state index is 9.73. The van der Waals surface area contributed by atoms with Crippen molar-refractivity contribution in [2.75, 3.05) is 0 Å². The Balaban J connectivity index is 1.42. The van der Waals surface area contributed by atoms with E-state index >= 15 is 0 Å².